The van der Waals surface area contributed by atoms with E-state index in [1.54, 1.807) is 0 Å². The van der Waals surface area contributed by atoms with Gasteiger partial charge in [-0.3, -0.25) is 4.84 Å². The van der Waals surface area contributed by atoms with Crippen LogP contribution >= 0.6 is 0 Å². The SMILES string of the molecule is CCCCOCO[N]CC. The molecule has 3 nitrogen and oxygen atoms in total. The van der Waals surface area contributed by atoms with E-state index in [-0.39, 0.29) is 0 Å². The number of rotatable bonds is 7. The summed E-state index contributed by atoms with van der Waals surface area (Å²) >= 11 is 0. The van der Waals surface area contributed by atoms with Crippen LogP contribution in [0.5, 0.6) is 0 Å². The summed E-state index contributed by atoms with van der Waals surface area (Å²) in [6, 6.07) is 0. The first-order valence-corrected chi connectivity index (χ1v) is 3.78. The van der Waals surface area contributed by atoms with Crippen LogP contribution in [0.3, 0.4) is 0 Å². The lowest BCUT2D eigenvalue weighted by Crippen LogP contribution is -2.09. The number of hydrogen-bond acceptors (Lipinski definition) is 2. The second-order valence-electron chi connectivity index (χ2n) is 1.95. The molecular formula is C7H16NO2. The van der Waals surface area contributed by atoms with Crippen LogP contribution in [0.1, 0.15) is 26.7 Å². The van der Waals surface area contributed by atoms with Crippen LogP contribution in [0.15, 0.2) is 0 Å². The lowest BCUT2D eigenvalue weighted by molar-refractivity contribution is -0.102. The lowest BCUT2D eigenvalue weighted by atomic mass is 10.4. The molecule has 0 aliphatic heterocycles. The standard InChI is InChI=1S/C7H16NO2/c1-3-5-6-9-7-10-8-4-2/h3-7H2,1-2H3. The molecule has 0 saturated carbocycles. The quantitative estimate of drug-likeness (QED) is 0.308. The van der Waals surface area contributed by atoms with Crippen molar-refractivity contribution in [1.29, 1.82) is 0 Å². The molecule has 0 amide bonds. The summed E-state index contributed by atoms with van der Waals surface area (Å²) in [5.41, 5.74) is 3.64. The largest absolute Gasteiger partial charge is 0.353 e. The highest BCUT2D eigenvalue weighted by molar-refractivity contribution is 4.27. The molecule has 0 heterocycles. The molecule has 0 rings (SSSR count). The van der Waals surface area contributed by atoms with Crippen molar-refractivity contribution >= 4 is 0 Å². The van der Waals surface area contributed by atoms with E-state index < -0.39 is 0 Å². The van der Waals surface area contributed by atoms with Gasteiger partial charge in [0.25, 0.3) is 0 Å². The Bertz CT molecular complexity index is 51.6. The van der Waals surface area contributed by atoms with Crippen molar-refractivity contribution in [3.05, 3.63) is 0 Å². The van der Waals surface area contributed by atoms with Crippen LogP contribution in [0, 0.1) is 0 Å². The van der Waals surface area contributed by atoms with Crippen LogP contribution in [-0.4, -0.2) is 19.9 Å². The van der Waals surface area contributed by atoms with Crippen molar-refractivity contribution in [2.45, 2.75) is 26.7 Å². The molecule has 0 fully saturated rings. The third-order valence-electron chi connectivity index (χ3n) is 0.999. The van der Waals surface area contributed by atoms with Crippen LogP contribution in [0.4, 0.5) is 0 Å². The second-order valence-corrected chi connectivity index (χ2v) is 1.95. The van der Waals surface area contributed by atoms with Gasteiger partial charge in [-0.15, -0.1) is 0 Å². The number of hydroxylamine groups is 1. The molecule has 0 aliphatic carbocycles. The highest BCUT2D eigenvalue weighted by Crippen LogP contribution is 1.86. The number of nitrogens with zero attached hydrogens (tertiary/aromatic N) is 1. The molecule has 0 atom stereocenters. The Morgan fingerprint density at radius 2 is 2.10 bits per heavy atom. The molecule has 0 spiro atoms. The van der Waals surface area contributed by atoms with Crippen molar-refractivity contribution in [3.8, 4) is 0 Å². The van der Waals surface area contributed by atoms with Gasteiger partial charge in [0.15, 0.2) is 6.79 Å². The molecule has 0 aromatic carbocycles. The Morgan fingerprint density at radius 3 is 2.70 bits per heavy atom. The Kier molecular flexibility index (Phi) is 8.77. The summed E-state index contributed by atoms with van der Waals surface area (Å²) in [5, 5.41) is 0. The molecule has 0 unspecified atom stereocenters. The molecule has 3 heteroatoms. The van der Waals surface area contributed by atoms with Gasteiger partial charge in [0.2, 0.25) is 0 Å². The molecule has 0 N–H and O–H groups in total. The average molecular weight is 146 g/mol. The molecule has 0 saturated heterocycles. The van der Waals surface area contributed by atoms with Crippen LogP contribution in [0.25, 0.3) is 0 Å². The van der Waals surface area contributed by atoms with Crippen molar-refractivity contribution < 1.29 is 9.57 Å². The third kappa shape index (κ3) is 7.88. The zero-order valence-corrected chi connectivity index (χ0v) is 6.80. The first kappa shape index (κ1) is 9.88. The topological polar surface area (TPSA) is 32.6 Å². The van der Waals surface area contributed by atoms with Gasteiger partial charge in [-0.05, 0) is 13.3 Å². The Labute approximate surface area is 62.7 Å². The summed E-state index contributed by atoms with van der Waals surface area (Å²) in [5.74, 6) is 0. The van der Waals surface area contributed by atoms with Crippen LogP contribution < -0.4 is 5.48 Å². The molecular weight excluding hydrogens is 130 g/mol. The Balaban J connectivity index is 2.65. The minimum atomic E-state index is 0.299. The first-order chi connectivity index (χ1) is 4.91. The van der Waals surface area contributed by atoms with E-state index in [9.17, 15) is 0 Å². The monoisotopic (exact) mass is 146 g/mol. The van der Waals surface area contributed by atoms with E-state index in [1.165, 1.54) is 0 Å². The molecule has 10 heavy (non-hydrogen) atoms. The molecule has 0 aromatic heterocycles. The Hall–Kier alpha value is -0.120. The lowest BCUT2D eigenvalue weighted by Gasteiger charge is -2.01. The second kappa shape index (κ2) is 8.88. The van der Waals surface area contributed by atoms with Gasteiger partial charge in [0.1, 0.15) is 0 Å². The third-order valence-corrected chi connectivity index (χ3v) is 0.999. The van der Waals surface area contributed by atoms with E-state index >= 15 is 0 Å². The van der Waals surface area contributed by atoms with Crippen molar-refractivity contribution in [2.75, 3.05) is 19.9 Å². The fourth-order valence-corrected chi connectivity index (χ4v) is 0.471. The van der Waals surface area contributed by atoms with E-state index in [0.717, 1.165) is 19.4 Å². The molecule has 0 bridgehead atoms. The summed E-state index contributed by atoms with van der Waals surface area (Å²) in [7, 11) is 0. The average Bonchev–Trinajstić information content (AvgIpc) is 1.97. The van der Waals surface area contributed by atoms with Gasteiger partial charge in [-0.2, -0.15) is 0 Å². The summed E-state index contributed by atoms with van der Waals surface area (Å²) in [6.07, 6.45) is 2.25. The van der Waals surface area contributed by atoms with Gasteiger partial charge in [-0.25, -0.2) is 0 Å². The molecule has 1 radical (unpaired) electrons. The van der Waals surface area contributed by atoms with E-state index in [1.807, 2.05) is 6.92 Å². The highest BCUT2D eigenvalue weighted by Gasteiger charge is 1.86. The summed E-state index contributed by atoms with van der Waals surface area (Å²) < 4.78 is 5.06. The summed E-state index contributed by atoms with van der Waals surface area (Å²) in [6.45, 7) is 5.81. The predicted molar refractivity (Wildman–Crippen MR) is 39.5 cm³/mol. The summed E-state index contributed by atoms with van der Waals surface area (Å²) in [4.78, 5) is 4.73. The minimum Gasteiger partial charge on any atom is -0.353 e. The predicted octanol–water partition coefficient (Wildman–Crippen LogP) is 1.32. The fraction of sp³-hybridized carbons (Fsp3) is 1.00. The van der Waals surface area contributed by atoms with Gasteiger partial charge < -0.3 is 4.74 Å². The van der Waals surface area contributed by atoms with Crippen molar-refractivity contribution in [3.63, 3.8) is 0 Å². The Morgan fingerprint density at radius 1 is 1.30 bits per heavy atom. The zero-order valence-electron chi connectivity index (χ0n) is 6.80. The van der Waals surface area contributed by atoms with Gasteiger partial charge in [0, 0.05) is 13.2 Å². The van der Waals surface area contributed by atoms with E-state index in [2.05, 4.69) is 12.4 Å². The first-order valence-electron chi connectivity index (χ1n) is 3.78. The highest BCUT2D eigenvalue weighted by atomic mass is 16.7. The number of hydrogen-bond donors (Lipinski definition) is 0. The van der Waals surface area contributed by atoms with Gasteiger partial charge >= 0.3 is 0 Å². The van der Waals surface area contributed by atoms with Crippen LogP contribution in [0.2, 0.25) is 0 Å². The normalized spacial score (nSPS) is 10.2. The molecule has 0 aromatic rings. The molecule has 61 valence electrons. The maximum Gasteiger partial charge on any atom is 0.168 e. The van der Waals surface area contributed by atoms with Crippen LogP contribution in [-0.2, 0) is 9.57 Å². The van der Waals surface area contributed by atoms with E-state index in [0.29, 0.717) is 13.3 Å². The van der Waals surface area contributed by atoms with E-state index in [4.69, 9.17) is 9.57 Å². The smallest absolute Gasteiger partial charge is 0.168 e. The minimum absolute atomic E-state index is 0.299. The zero-order chi connectivity index (χ0) is 7.66. The molecule has 0 aliphatic rings. The maximum absolute atomic E-state index is 5.06. The van der Waals surface area contributed by atoms with Gasteiger partial charge in [0.05, 0.1) is 0 Å². The number of ether oxygens (including phenoxy) is 1. The number of unbranched alkanes of at least 4 members (excludes halogenated alkanes) is 1. The van der Waals surface area contributed by atoms with Crippen molar-refractivity contribution in [2.24, 2.45) is 0 Å². The van der Waals surface area contributed by atoms with Crippen molar-refractivity contribution in [1.82, 2.24) is 5.48 Å². The maximum atomic E-state index is 5.06. The van der Waals surface area contributed by atoms with Gasteiger partial charge in [-0.1, -0.05) is 18.8 Å². The fourth-order valence-electron chi connectivity index (χ4n) is 0.471.